The fraction of sp³-hybridized carbons (Fsp3) is 1.00. The number of ether oxygens (including phenoxy) is 1. The first kappa shape index (κ1) is 12.4. The Morgan fingerprint density at radius 1 is 0.938 bits per heavy atom. The van der Waals surface area contributed by atoms with Gasteiger partial charge in [-0.25, -0.2) is 0 Å². The lowest BCUT2D eigenvalue weighted by Crippen LogP contribution is -2.32. The number of nitrogens with one attached hydrogen (secondary N) is 1. The minimum absolute atomic E-state index is 0.778. The molecule has 1 aliphatic heterocycles. The molecule has 0 aromatic heterocycles. The highest BCUT2D eigenvalue weighted by Gasteiger charge is 2.15. The van der Waals surface area contributed by atoms with Crippen LogP contribution in [0.25, 0.3) is 0 Å². The van der Waals surface area contributed by atoms with Crippen LogP contribution in [0.5, 0.6) is 0 Å². The first-order valence-corrected chi connectivity index (χ1v) is 7.23. The first-order chi connectivity index (χ1) is 7.95. The molecule has 2 heteroatoms. The average Bonchev–Trinajstić information content (AvgIpc) is 2.37. The molecule has 2 fully saturated rings. The molecule has 1 saturated carbocycles. The SMILES string of the molecule is C1CCC(CCOC[C@@H]2CCCNC2)CC1. The Morgan fingerprint density at radius 3 is 2.50 bits per heavy atom. The van der Waals surface area contributed by atoms with Crippen molar-refractivity contribution < 1.29 is 4.74 Å². The topological polar surface area (TPSA) is 21.3 Å². The van der Waals surface area contributed by atoms with E-state index in [0.29, 0.717) is 0 Å². The molecule has 1 atom stereocenters. The van der Waals surface area contributed by atoms with Gasteiger partial charge >= 0.3 is 0 Å². The second-order valence-corrected chi connectivity index (χ2v) is 5.58. The zero-order valence-electron chi connectivity index (χ0n) is 10.5. The van der Waals surface area contributed by atoms with Gasteiger partial charge in [-0.1, -0.05) is 32.1 Å². The zero-order chi connectivity index (χ0) is 11.1. The van der Waals surface area contributed by atoms with Crippen LogP contribution >= 0.6 is 0 Å². The Labute approximate surface area is 100 Å². The zero-order valence-corrected chi connectivity index (χ0v) is 10.5. The largest absolute Gasteiger partial charge is 0.381 e. The second-order valence-electron chi connectivity index (χ2n) is 5.58. The number of piperidine rings is 1. The molecule has 0 radical (unpaired) electrons. The van der Waals surface area contributed by atoms with E-state index < -0.39 is 0 Å². The van der Waals surface area contributed by atoms with Crippen molar-refractivity contribution in [2.75, 3.05) is 26.3 Å². The summed E-state index contributed by atoms with van der Waals surface area (Å²) in [5, 5.41) is 3.45. The Bertz CT molecular complexity index is 152. The maximum absolute atomic E-state index is 5.84. The van der Waals surface area contributed by atoms with Gasteiger partial charge in [0.05, 0.1) is 6.61 Å². The maximum atomic E-state index is 5.84. The highest BCUT2D eigenvalue weighted by atomic mass is 16.5. The van der Waals surface area contributed by atoms with Crippen LogP contribution in [0.2, 0.25) is 0 Å². The third-order valence-electron chi connectivity index (χ3n) is 4.15. The molecular formula is C14H27NO. The molecular weight excluding hydrogens is 198 g/mol. The van der Waals surface area contributed by atoms with Crippen molar-refractivity contribution in [2.24, 2.45) is 11.8 Å². The summed E-state index contributed by atoms with van der Waals surface area (Å²) < 4.78 is 5.84. The summed E-state index contributed by atoms with van der Waals surface area (Å²) in [6.45, 7) is 4.36. The van der Waals surface area contributed by atoms with Crippen molar-refractivity contribution in [1.82, 2.24) is 5.32 Å². The summed E-state index contributed by atoms with van der Waals surface area (Å²) in [7, 11) is 0. The molecule has 1 N–H and O–H groups in total. The lowest BCUT2D eigenvalue weighted by molar-refractivity contribution is 0.0764. The number of rotatable bonds is 5. The Hall–Kier alpha value is -0.0800. The highest BCUT2D eigenvalue weighted by molar-refractivity contribution is 4.69. The van der Waals surface area contributed by atoms with Crippen LogP contribution in [0.3, 0.4) is 0 Å². The maximum Gasteiger partial charge on any atom is 0.0506 e. The molecule has 0 bridgehead atoms. The molecule has 0 spiro atoms. The van der Waals surface area contributed by atoms with Crippen molar-refractivity contribution in [1.29, 1.82) is 0 Å². The van der Waals surface area contributed by atoms with Crippen molar-refractivity contribution in [3.8, 4) is 0 Å². The summed E-state index contributed by atoms with van der Waals surface area (Å²) >= 11 is 0. The molecule has 1 aliphatic carbocycles. The average molecular weight is 225 g/mol. The van der Waals surface area contributed by atoms with Gasteiger partial charge in [-0.15, -0.1) is 0 Å². The molecule has 0 amide bonds. The quantitative estimate of drug-likeness (QED) is 0.726. The van der Waals surface area contributed by atoms with Gasteiger partial charge in [0.2, 0.25) is 0 Å². The molecule has 1 heterocycles. The van der Waals surface area contributed by atoms with Gasteiger partial charge < -0.3 is 10.1 Å². The minimum Gasteiger partial charge on any atom is -0.381 e. The van der Waals surface area contributed by atoms with Gasteiger partial charge in [0, 0.05) is 13.2 Å². The fourth-order valence-corrected chi connectivity index (χ4v) is 3.04. The molecule has 0 unspecified atom stereocenters. The van der Waals surface area contributed by atoms with E-state index in [0.717, 1.165) is 25.0 Å². The number of hydrogen-bond donors (Lipinski definition) is 1. The van der Waals surface area contributed by atoms with Gasteiger partial charge in [-0.2, -0.15) is 0 Å². The van der Waals surface area contributed by atoms with Crippen molar-refractivity contribution in [3.63, 3.8) is 0 Å². The minimum atomic E-state index is 0.778. The van der Waals surface area contributed by atoms with Crippen LogP contribution < -0.4 is 5.32 Å². The fourth-order valence-electron chi connectivity index (χ4n) is 3.04. The van der Waals surface area contributed by atoms with E-state index in [9.17, 15) is 0 Å². The van der Waals surface area contributed by atoms with Gasteiger partial charge in [0.25, 0.3) is 0 Å². The van der Waals surface area contributed by atoms with Crippen molar-refractivity contribution in [2.45, 2.75) is 51.4 Å². The van der Waals surface area contributed by atoms with Gasteiger partial charge in [0.1, 0.15) is 0 Å². The van der Waals surface area contributed by atoms with Crippen molar-refractivity contribution >= 4 is 0 Å². The summed E-state index contributed by atoms with van der Waals surface area (Å²) in [6, 6.07) is 0. The first-order valence-electron chi connectivity index (χ1n) is 7.23. The normalized spacial score (nSPS) is 28.1. The second kappa shape index (κ2) is 7.29. The summed E-state index contributed by atoms with van der Waals surface area (Å²) in [6.07, 6.45) is 11.3. The van der Waals surface area contributed by atoms with E-state index in [4.69, 9.17) is 4.74 Å². The lowest BCUT2D eigenvalue weighted by Gasteiger charge is -2.24. The van der Waals surface area contributed by atoms with E-state index in [-0.39, 0.29) is 0 Å². The monoisotopic (exact) mass is 225 g/mol. The molecule has 1 saturated heterocycles. The molecule has 16 heavy (non-hydrogen) atoms. The third kappa shape index (κ3) is 4.42. The summed E-state index contributed by atoms with van der Waals surface area (Å²) in [5.74, 6) is 1.75. The number of hydrogen-bond acceptors (Lipinski definition) is 2. The third-order valence-corrected chi connectivity index (χ3v) is 4.15. The summed E-state index contributed by atoms with van der Waals surface area (Å²) in [5.41, 5.74) is 0. The van der Waals surface area contributed by atoms with Gasteiger partial charge in [-0.3, -0.25) is 0 Å². The van der Waals surface area contributed by atoms with E-state index in [1.165, 1.54) is 64.5 Å². The highest BCUT2D eigenvalue weighted by Crippen LogP contribution is 2.26. The Morgan fingerprint density at radius 2 is 1.75 bits per heavy atom. The van der Waals surface area contributed by atoms with Crippen LogP contribution in [0.4, 0.5) is 0 Å². The van der Waals surface area contributed by atoms with Crippen LogP contribution in [0.15, 0.2) is 0 Å². The Kier molecular flexibility index (Phi) is 5.64. The van der Waals surface area contributed by atoms with Crippen LogP contribution in [-0.2, 0) is 4.74 Å². The van der Waals surface area contributed by atoms with E-state index in [2.05, 4.69) is 5.32 Å². The van der Waals surface area contributed by atoms with Crippen molar-refractivity contribution in [3.05, 3.63) is 0 Å². The molecule has 2 nitrogen and oxygen atoms in total. The summed E-state index contributed by atoms with van der Waals surface area (Å²) in [4.78, 5) is 0. The lowest BCUT2D eigenvalue weighted by atomic mass is 9.87. The van der Waals surface area contributed by atoms with E-state index in [1.54, 1.807) is 0 Å². The van der Waals surface area contributed by atoms with Crippen LogP contribution in [0, 0.1) is 11.8 Å². The van der Waals surface area contributed by atoms with Crippen LogP contribution in [-0.4, -0.2) is 26.3 Å². The molecule has 2 rings (SSSR count). The standard InChI is InChI=1S/C14H27NO/c1-2-5-13(6-3-1)8-10-16-12-14-7-4-9-15-11-14/h13-15H,1-12H2/t14-/m1/s1. The smallest absolute Gasteiger partial charge is 0.0506 e. The molecule has 2 aliphatic rings. The predicted molar refractivity (Wildman–Crippen MR) is 67.6 cm³/mol. The van der Waals surface area contributed by atoms with Gasteiger partial charge in [0.15, 0.2) is 0 Å². The van der Waals surface area contributed by atoms with Crippen LogP contribution in [0.1, 0.15) is 51.4 Å². The van der Waals surface area contributed by atoms with E-state index >= 15 is 0 Å². The molecule has 94 valence electrons. The van der Waals surface area contributed by atoms with Gasteiger partial charge in [-0.05, 0) is 37.6 Å². The molecule has 0 aromatic carbocycles. The van der Waals surface area contributed by atoms with E-state index in [1.807, 2.05) is 0 Å². The Balaban J connectivity index is 1.47. The predicted octanol–water partition coefficient (Wildman–Crippen LogP) is 2.97. The molecule has 0 aromatic rings.